The second-order valence-electron chi connectivity index (χ2n) is 2.96. The molecule has 0 nitrogen and oxygen atoms in total. The van der Waals surface area contributed by atoms with Gasteiger partial charge in [0.15, 0.2) is 0 Å². The molecule has 0 saturated heterocycles. The molecule has 7 heteroatoms. The first kappa shape index (κ1) is 18.4. The van der Waals surface area contributed by atoms with E-state index in [2.05, 4.69) is 50.5 Å². The second-order valence-corrected chi connectivity index (χ2v) is 9.09. The molecular formula is C9H20S7. The van der Waals surface area contributed by atoms with Gasteiger partial charge in [0.25, 0.3) is 0 Å². The van der Waals surface area contributed by atoms with Crippen LogP contribution in [0.3, 0.4) is 0 Å². The topological polar surface area (TPSA) is 0 Å². The van der Waals surface area contributed by atoms with Crippen molar-refractivity contribution in [3.05, 3.63) is 0 Å². The van der Waals surface area contributed by atoms with Gasteiger partial charge in [-0.25, -0.2) is 0 Å². The van der Waals surface area contributed by atoms with Crippen LogP contribution in [0.15, 0.2) is 0 Å². The van der Waals surface area contributed by atoms with E-state index in [4.69, 9.17) is 0 Å². The van der Waals surface area contributed by atoms with Crippen molar-refractivity contribution in [1.82, 2.24) is 0 Å². The summed E-state index contributed by atoms with van der Waals surface area (Å²) in [5.74, 6) is 7.72. The Balaban J connectivity index is 3.44. The van der Waals surface area contributed by atoms with E-state index in [9.17, 15) is 0 Å². The van der Waals surface area contributed by atoms with Crippen LogP contribution in [0.1, 0.15) is 0 Å². The van der Waals surface area contributed by atoms with Crippen molar-refractivity contribution in [3.8, 4) is 0 Å². The third-order valence-electron chi connectivity index (χ3n) is 1.65. The van der Waals surface area contributed by atoms with Crippen molar-refractivity contribution in [3.63, 3.8) is 0 Å². The standard InChI is InChI=1S/C9H20S7/c10-1-3-14-5-6-15-7-8(9(12)13)16-4-2-11/h8-13H,1-7H2. The molecule has 0 bridgehead atoms. The van der Waals surface area contributed by atoms with Crippen LogP contribution in [-0.2, 0) is 0 Å². The van der Waals surface area contributed by atoms with Gasteiger partial charge in [0.2, 0.25) is 0 Å². The lowest BCUT2D eigenvalue weighted by molar-refractivity contribution is 1.11. The maximum Gasteiger partial charge on any atom is 0.0568 e. The average Bonchev–Trinajstić information content (AvgIpc) is 2.26. The Morgan fingerprint density at radius 3 is 2.00 bits per heavy atom. The van der Waals surface area contributed by atoms with E-state index in [1.165, 1.54) is 11.5 Å². The molecule has 0 aliphatic carbocycles. The summed E-state index contributed by atoms with van der Waals surface area (Å²) >= 11 is 23.1. The Kier molecular flexibility index (Phi) is 16.0. The van der Waals surface area contributed by atoms with Gasteiger partial charge in [0.1, 0.15) is 0 Å². The van der Waals surface area contributed by atoms with E-state index in [1.54, 1.807) is 0 Å². The largest absolute Gasteiger partial charge is 0.179 e. The van der Waals surface area contributed by atoms with Crippen LogP contribution in [0.25, 0.3) is 0 Å². The fourth-order valence-electron chi connectivity index (χ4n) is 0.908. The van der Waals surface area contributed by atoms with Gasteiger partial charge >= 0.3 is 0 Å². The van der Waals surface area contributed by atoms with Gasteiger partial charge in [-0.15, -0.1) is 0 Å². The third kappa shape index (κ3) is 11.5. The van der Waals surface area contributed by atoms with Crippen molar-refractivity contribution in [2.75, 3.05) is 40.3 Å². The number of hydrogen-bond donors (Lipinski definition) is 4. The minimum atomic E-state index is 0.169. The maximum atomic E-state index is 4.41. The molecule has 0 aromatic rings. The summed E-state index contributed by atoms with van der Waals surface area (Å²) < 4.78 is 0.169. The quantitative estimate of drug-likeness (QED) is 0.255. The zero-order chi connectivity index (χ0) is 12.2. The summed E-state index contributed by atoms with van der Waals surface area (Å²) in [6.07, 6.45) is 0. The molecule has 0 heterocycles. The third-order valence-corrected chi connectivity index (χ3v) is 7.67. The molecule has 0 saturated carbocycles. The van der Waals surface area contributed by atoms with Crippen LogP contribution in [0.2, 0.25) is 0 Å². The summed E-state index contributed by atoms with van der Waals surface area (Å²) in [6.45, 7) is 0. The van der Waals surface area contributed by atoms with Gasteiger partial charge in [-0.05, 0) is 11.5 Å². The molecule has 0 aromatic heterocycles. The lowest BCUT2D eigenvalue weighted by Crippen LogP contribution is -2.17. The van der Waals surface area contributed by atoms with Crippen molar-refractivity contribution < 1.29 is 0 Å². The highest BCUT2D eigenvalue weighted by Gasteiger charge is 2.14. The van der Waals surface area contributed by atoms with Crippen molar-refractivity contribution in [2.45, 2.75) is 9.83 Å². The first-order valence-corrected chi connectivity index (χ1v) is 10.7. The molecule has 0 fully saturated rings. The first-order valence-electron chi connectivity index (χ1n) is 5.07. The summed E-state index contributed by atoms with van der Waals surface area (Å²) in [6, 6.07) is 0. The second kappa shape index (κ2) is 13.9. The number of thiol groups is 4. The first-order chi connectivity index (χ1) is 7.72. The van der Waals surface area contributed by atoms with Crippen molar-refractivity contribution in [1.29, 1.82) is 0 Å². The van der Waals surface area contributed by atoms with E-state index < -0.39 is 0 Å². The fourth-order valence-corrected chi connectivity index (χ4v) is 5.75. The number of hydrogen-bond acceptors (Lipinski definition) is 7. The predicted molar refractivity (Wildman–Crippen MR) is 100 cm³/mol. The van der Waals surface area contributed by atoms with E-state index >= 15 is 0 Å². The van der Waals surface area contributed by atoms with E-state index in [0.717, 1.165) is 28.8 Å². The summed E-state index contributed by atoms with van der Waals surface area (Å²) in [4.78, 5) is 0. The minimum absolute atomic E-state index is 0.169. The highest BCUT2D eigenvalue weighted by molar-refractivity contribution is 8.07. The lowest BCUT2D eigenvalue weighted by atomic mass is 10.5. The molecule has 0 aliphatic heterocycles. The Labute approximate surface area is 135 Å². The van der Waals surface area contributed by atoms with E-state index in [-0.39, 0.29) is 4.58 Å². The summed E-state index contributed by atoms with van der Waals surface area (Å²) in [5.41, 5.74) is 0. The van der Waals surface area contributed by atoms with Crippen LogP contribution >= 0.6 is 85.8 Å². The SMILES string of the molecule is SCCSCCSCC(SCCS)C(S)S. The number of thioether (sulfide) groups is 3. The normalized spacial score (nSPS) is 13.3. The monoisotopic (exact) mass is 352 g/mol. The molecule has 0 spiro atoms. The van der Waals surface area contributed by atoms with Crippen LogP contribution < -0.4 is 0 Å². The van der Waals surface area contributed by atoms with E-state index in [0.29, 0.717) is 5.25 Å². The van der Waals surface area contributed by atoms with Crippen molar-refractivity contribution in [2.24, 2.45) is 0 Å². The minimum Gasteiger partial charge on any atom is -0.179 e. The molecule has 0 aromatic carbocycles. The number of rotatable bonds is 11. The fraction of sp³-hybridized carbons (Fsp3) is 1.00. The molecule has 0 N–H and O–H groups in total. The average molecular weight is 353 g/mol. The van der Waals surface area contributed by atoms with Gasteiger partial charge in [0, 0.05) is 34.0 Å². The van der Waals surface area contributed by atoms with Gasteiger partial charge in [-0.1, -0.05) is 0 Å². The van der Waals surface area contributed by atoms with Gasteiger partial charge in [0.05, 0.1) is 4.58 Å². The molecule has 0 amide bonds. The van der Waals surface area contributed by atoms with Gasteiger partial charge < -0.3 is 0 Å². The van der Waals surface area contributed by atoms with E-state index in [1.807, 2.05) is 35.3 Å². The Morgan fingerprint density at radius 1 is 0.812 bits per heavy atom. The molecule has 16 heavy (non-hydrogen) atoms. The van der Waals surface area contributed by atoms with Crippen LogP contribution in [0.5, 0.6) is 0 Å². The Morgan fingerprint density at radius 2 is 1.44 bits per heavy atom. The Hall–Kier alpha value is 2.45. The highest BCUT2D eigenvalue weighted by atomic mass is 32.2. The zero-order valence-corrected chi connectivity index (χ0v) is 15.1. The molecule has 98 valence electrons. The predicted octanol–water partition coefficient (Wildman–Crippen LogP) is 3.60. The molecule has 1 atom stereocenters. The van der Waals surface area contributed by atoms with Gasteiger partial charge in [-0.3, -0.25) is 0 Å². The molecule has 1 unspecified atom stereocenters. The van der Waals surface area contributed by atoms with Crippen LogP contribution in [0.4, 0.5) is 0 Å². The molecular weight excluding hydrogens is 333 g/mol. The zero-order valence-electron chi connectivity index (χ0n) is 9.12. The van der Waals surface area contributed by atoms with Gasteiger partial charge in [-0.2, -0.15) is 85.8 Å². The molecule has 0 aliphatic rings. The highest BCUT2D eigenvalue weighted by Crippen LogP contribution is 2.25. The smallest absolute Gasteiger partial charge is 0.0568 e. The molecule has 0 radical (unpaired) electrons. The lowest BCUT2D eigenvalue weighted by Gasteiger charge is -2.18. The Bertz CT molecular complexity index is 142. The summed E-state index contributed by atoms with van der Waals surface area (Å²) in [5, 5.41) is 0.527. The van der Waals surface area contributed by atoms with Crippen LogP contribution in [-0.4, -0.2) is 50.1 Å². The van der Waals surface area contributed by atoms with Crippen molar-refractivity contribution >= 4 is 85.8 Å². The van der Waals surface area contributed by atoms with Crippen LogP contribution in [0, 0.1) is 0 Å². The molecule has 0 rings (SSSR count). The summed E-state index contributed by atoms with van der Waals surface area (Å²) in [7, 11) is 0. The maximum absolute atomic E-state index is 4.41.